The minimum Gasteiger partial charge on any atom is -0.478 e. The summed E-state index contributed by atoms with van der Waals surface area (Å²) in [6.07, 6.45) is 5.55. The number of hydrogen-bond acceptors (Lipinski definition) is 3. The highest BCUT2D eigenvalue weighted by Gasteiger charge is 2.41. The molecule has 0 spiro atoms. The molecule has 0 bridgehead atoms. The van der Waals surface area contributed by atoms with Gasteiger partial charge in [0, 0.05) is 24.0 Å². The Morgan fingerprint density at radius 1 is 0.510 bits per heavy atom. The summed E-state index contributed by atoms with van der Waals surface area (Å²) in [4.78, 5) is 23.3. The molecule has 0 saturated carbocycles. The normalized spacial score (nSPS) is 18.2. The van der Waals surface area contributed by atoms with Crippen molar-refractivity contribution in [1.82, 2.24) is 0 Å². The van der Waals surface area contributed by atoms with Crippen LogP contribution in [0.4, 0.5) is 0 Å². The molecule has 4 aromatic carbocycles. The Bertz CT molecular complexity index is 1780. The van der Waals surface area contributed by atoms with Crippen LogP contribution < -0.4 is 4.74 Å². The Balaban J connectivity index is 1.54. The molecule has 49 heavy (non-hydrogen) atoms. The van der Waals surface area contributed by atoms with E-state index in [2.05, 4.69) is 79.7 Å². The number of benzene rings is 4. The summed E-state index contributed by atoms with van der Waals surface area (Å²) in [5, 5.41) is 19.1. The summed E-state index contributed by atoms with van der Waals surface area (Å²) in [7, 11) is 0. The third-order valence-electron chi connectivity index (χ3n) is 11.5. The molecule has 2 N–H and O–H groups in total. The minimum atomic E-state index is -0.931. The van der Waals surface area contributed by atoms with Crippen LogP contribution in [0.3, 0.4) is 0 Å². The van der Waals surface area contributed by atoms with Gasteiger partial charge in [0.25, 0.3) is 0 Å². The van der Waals surface area contributed by atoms with Crippen LogP contribution in [0, 0.1) is 0 Å². The molecular weight excluding hydrogens is 608 g/mol. The molecule has 0 saturated heterocycles. The van der Waals surface area contributed by atoms with E-state index in [0.717, 1.165) is 59.4 Å². The zero-order valence-corrected chi connectivity index (χ0v) is 30.3. The van der Waals surface area contributed by atoms with Gasteiger partial charge >= 0.3 is 11.9 Å². The van der Waals surface area contributed by atoms with Crippen molar-refractivity contribution in [1.29, 1.82) is 0 Å². The topological polar surface area (TPSA) is 83.8 Å². The second-order valence-electron chi connectivity index (χ2n) is 16.9. The second kappa shape index (κ2) is 12.2. The van der Waals surface area contributed by atoms with Gasteiger partial charge in [-0.3, -0.25) is 0 Å². The van der Waals surface area contributed by atoms with Crippen molar-refractivity contribution >= 4 is 11.9 Å². The maximum Gasteiger partial charge on any atom is 0.335 e. The molecule has 2 aliphatic carbocycles. The molecule has 0 unspecified atom stereocenters. The fourth-order valence-electron chi connectivity index (χ4n) is 8.30. The molecule has 6 rings (SSSR count). The summed E-state index contributed by atoms with van der Waals surface area (Å²) < 4.78 is 7.18. The Labute approximate surface area is 291 Å². The van der Waals surface area contributed by atoms with Crippen LogP contribution in [0.15, 0.2) is 72.8 Å². The zero-order valence-electron chi connectivity index (χ0n) is 30.3. The first-order valence-corrected chi connectivity index (χ1v) is 17.6. The van der Waals surface area contributed by atoms with Gasteiger partial charge < -0.3 is 14.9 Å². The monoisotopic (exact) mass is 658 g/mol. The second-order valence-corrected chi connectivity index (χ2v) is 16.9. The van der Waals surface area contributed by atoms with E-state index in [1.807, 2.05) is 24.3 Å². The molecule has 256 valence electrons. The highest BCUT2D eigenvalue weighted by atomic mass is 16.5. The lowest BCUT2D eigenvalue weighted by atomic mass is 9.61. The van der Waals surface area contributed by atoms with E-state index in [9.17, 15) is 19.8 Å². The van der Waals surface area contributed by atoms with Crippen molar-refractivity contribution in [2.24, 2.45) is 0 Å². The molecular formula is C44H50O5. The number of carbonyl (C=O) groups is 2. The molecule has 0 heterocycles. The third-order valence-corrected chi connectivity index (χ3v) is 11.5. The highest BCUT2D eigenvalue weighted by Crippen LogP contribution is 2.52. The van der Waals surface area contributed by atoms with E-state index in [1.54, 1.807) is 24.3 Å². The maximum atomic E-state index is 11.6. The van der Waals surface area contributed by atoms with Gasteiger partial charge in [-0.05, 0) is 117 Å². The molecule has 2 aliphatic rings. The van der Waals surface area contributed by atoms with Gasteiger partial charge in [0.15, 0.2) is 0 Å². The van der Waals surface area contributed by atoms with Crippen LogP contribution in [0.25, 0.3) is 0 Å². The van der Waals surface area contributed by atoms with Gasteiger partial charge in [-0.15, -0.1) is 0 Å². The van der Waals surface area contributed by atoms with Crippen LogP contribution in [0.5, 0.6) is 11.5 Å². The van der Waals surface area contributed by atoms with Gasteiger partial charge in [0.1, 0.15) is 11.5 Å². The number of carboxylic acids is 2. The van der Waals surface area contributed by atoms with E-state index in [-0.39, 0.29) is 32.8 Å². The minimum absolute atomic E-state index is 0.0139. The maximum absolute atomic E-state index is 11.6. The van der Waals surface area contributed by atoms with E-state index in [1.165, 1.54) is 22.3 Å². The van der Waals surface area contributed by atoms with Gasteiger partial charge in [-0.2, -0.15) is 0 Å². The zero-order chi connectivity index (χ0) is 35.5. The fraction of sp³-hybridized carbons (Fsp3) is 0.409. The van der Waals surface area contributed by atoms with Crippen molar-refractivity contribution < 1.29 is 24.5 Å². The summed E-state index contributed by atoms with van der Waals surface area (Å²) >= 11 is 0. The Hall–Kier alpha value is -4.38. The van der Waals surface area contributed by atoms with Crippen LogP contribution in [-0.4, -0.2) is 22.2 Å². The molecule has 0 aromatic heterocycles. The average Bonchev–Trinajstić information content (AvgIpc) is 3.03. The molecule has 5 nitrogen and oxygen atoms in total. The van der Waals surface area contributed by atoms with E-state index in [0.29, 0.717) is 12.8 Å². The van der Waals surface area contributed by atoms with Gasteiger partial charge in [-0.25, -0.2) is 9.59 Å². The SMILES string of the molecule is CC1(C)CCC(C)(C)c2c1ccc(Oc1ccc3c(c1Cc1ccc(C(=O)O)cc1)C(C)(C)CCC3(C)C)c2Cc1ccc(C(=O)O)cc1. The smallest absolute Gasteiger partial charge is 0.335 e. The predicted molar refractivity (Wildman–Crippen MR) is 196 cm³/mol. The quantitative estimate of drug-likeness (QED) is 0.197. The fourth-order valence-corrected chi connectivity index (χ4v) is 8.30. The first-order chi connectivity index (χ1) is 22.9. The van der Waals surface area contributed by atoms with Gasteiger partial charge in [0.05, 0.1) is 11.1 Å². The predicted octanol–water partition coefficient (Wildman–Crippen LogP) is 10.8. The molecule has 5 heteroatoms. The molecule has 4 aromatic rings. The Morgan fingerprint density at radius 2 is 0.837 bits per heavy atom. The van der Waals surface area contributed by atoms with Crippen LogP contribution in [0.2, 0.25) is 0 Å². The standard InChI is InChI=1S/C44H50O5/c1-41(2)21-23-43(5,6)37-31(25-27-9-13-29(14-10-27)39(45)46)35(19-17-33(37)41)49-36-20-18-34-38(44(7,8)24-22-42(34,3)4)32(36)26-28-11-15-30(16-12-28)40(47)48/h9-20H,21-26H2,1-8H3,(H,45,46)(H,47,48). The molecule has 0 amide bonds. The lowest BCUT2D eigenvalue weighted by Crippen LogP contribution is -2.35. The number of carboxylic acid groups (broad SMARTS) is 2. The lowest BCUT2D eigenvalue weighted by Gasteiger charge is -2.44. The number of fused-ring (bicyclic) bond motifs is 2. The first kappa shape index (κ1) is 34.5. The van der Waals surface area contributed by atoms with E-state index < -0.39 is 11.9 Å². The van der Waals surface area contributed by atoms with Crippen LogP contribution in [-0.2, 0) is 34.5 Å². The Morgan fingerprint density at radius 3 is 1.16 bits per heavy atom. The van der Waals surface area contributed by atoms with E-state index >= 15 is 0 Å². The summed E-state index contributed by atoms with van der Waals surface area (Å²) in [5.41, 5.74) is 10.1. The van der Waals surface area contributed by atoms with E-state index in [4.69, 9.17) is 4.74 Å². The summed E-state index contributed by atoms with van der Waals surface area (Å²) in [6, 6.07) is 23.2. The number of aromatic carboxylic acids is 2. The largest absolute Gasteiger partial charge is 0.478 e. The summed E-state index contributed by atoms with van der Waals surface area (Å²) in [6.45, 7) is 18.6. The van der Waals surface area contributed by atoms with Gasteiger partial charge in [-0.1, -0.05) is 91.8 Å². The third kappa shape index (κ3) is 6.52. The summed E-state index contributed by atoms with van der Waals surface area (Å²) in [5.74, 6) is -0.220. The van der Waals surface area contributed by atoms with Crippen LogP contribution >= 0.6 is 0 Å². The van der Waals surface area contributed by atoms with Crippen molar-refractivity contribution in [2.45, 2.75) is 116 Å². The van der Waals surface area contributed by atoms with Crippen molar-refractivity contribution in [3.63, 3.8) is 0 Å². The molecule has 0 radical (unpaired) electrons. The number of rotatable bonds is 8. The first-order valence-electron chi connectivity index (χ1n) is 17.6. The number of ether oxygens (including phenoxy) is 1. The number of hydrogen-bond donors (Lipinski definition) is 2. The Kier molecular flexibility index (Phi) is 8.58. The average molecular weight is 659 g/mol. The van der Waals surface area contributed by atoms with Crippen molar-refractivity contribution in [2.75, 3.05) is 0 Å². The lowest BCUT2D eigenvalue weighted by molar-refractivity contribution is 0.0686. The van der Waals surface area contributed by atoms with Crippen molar-refractivity contribution in [3.05, 3.63) is 128 Å². The molecule has 0 fully saturated rings. The molecule has 0 aliphatic heterocycles. The molecule has 0 atom stereocenters. The van der Waals surface area contributed by atoms with Crippen LogP contribution in [0.1, 0.15) is 146 Å². The van der Waals surface area contributed by atoms with Gasteiger partial charge in [0.2, 0.25) is 0 Å². The van der Waals surface area contributed by atoms with Crippen molar-refractivity contribution in [3.8, 4) is 11.5 Å². The highest BCUT2D eigenvalue weighted by molar-refractivity contribution is 5.88.